The summed E-state index contributed by atoms with van der Waals surface area (Å²) in [6, 6.07) is 10.5. The predicted molar refractivity (Wildman–Crippen MR) is 91.2 cm³/mol. The first-order valence-electron chi connectivity index (χ1n) is 8.85. The zero-order valence-electron chi connectivity index (χ0n) is 14.2. The highest BCUT2D eigenvalue weighted by Gasteiger charge is 2.42. The third kappa shape index (κ3) is 3.61. The average Bonchev–Trinajstić information content (AvgIpc) is 3.09. The number of likely N-dealkylation sites (tertiary alicyclic amines) is 1. The number of hydrogen-bond acceptors (Lipinski definition) is 4. The second-order valence-electron chi connectivity index (χ2n) is 6.73. The van der Waals surface area contributed by atoms with Crippen LogP contribution in [0.4, 0.5) is 0 Å². The molecule has 1 heterocycles. The van der Waals surface area contributed by atoms with Crippen LogP contribution in [0.1, 0.15) is 37.3 Å². The molecule has 1 saturated heterocycles. The predicted octanol–water partition coefficient (Wildman–Crippen LogP) is 2.14. The molecule has 1 N–H and O–H groups in total. The highest BCUT2D eigenvalue weighted by Crippen LogP contribution is 2.35. The fourth-order valence-corrected chi connectivity index (χ4v) is 3.76. The van der Waals surface area contributed by atoms with Gasteiger partial charge in [-0.15, -0.1) is 0 Å². The molecule has 0 radical (unpaired) electrons. The van der Waals surface area contributed by atoms with Gasteiger partial charge in [-0.05, 0) is 44.3 Å². The highest BCUT2D eigenvalue weighted by atomic mass is 16.5. The van der Waals surface area contributed by atoms with Gasteiger partial charge in [-0.3, -0.25) is 14.5 Å². The van der Waals surface area contributed by atoms with Crippen molar-refractivity contribution < 1.29 is 14.3 Å². The van der Waals surface area contributed by atoms with Crippen molar-refractivity contribution in [1.29, 1.82) is 0 Å². The Bertz CT molecular complexity index is 569. The Labute approximate surface area is 143 Å². The topological polar surface area (TPSA) is 58.6 Å². The molecule has 0 aromatic heterocycles. The number of benzene rings is 1. The Kier molecular flexibility index (Phi) is 5.51. The van der Waals surface area contributed by atoms with Gasteiger partial charge in [0.25, 0.3) is 0 Å². The van der Waals surface area contributed by atoms with E-state index in [2.05, 4.69) is 22.3 Å². The van der Waals surface area contributed by atoms with Gasteiger partial charge in [0.2, 0.25) is 5.91 Å². The molecule has 3 rings (SSSR count). The van der Waals surface area contributed by atoms with Crippen LogP contribution in [-0.2, 0) is 14.3 Å². The first-order chi connectivity index (χ1) is 11.7. The van der Waals surface area contributed by atoms with Crippen LogP contribution in [0.15, 0.2) is 30.3 Å². The van der Waals surface area contributed by atoms with E-state index in [0.717, 1.165) is 25.9 Å². The average molecular weight is 330 g/mol. The smallest absolute Gasteiger partial charge is 0.309 e. The van der Waals surface area contributed by atoms with E-state index in [9.17, 15) is 9.59 Å². The molecule has 1 saturated carbocycles. The fraction of sp³-hybridized carbons (Fsp3) is 0.579. The van der Waals surface area contributed by atoms with Gasteiger partial charge in [0, 0.05) is 6.54 Å². The molecule has 2 aliphatic rings. The maximum atomic E-state index is 12.5. The number of esters is 1. The Morgan fingerprint density at radius 2 is 1.83 bits per heavy atom. The van der Waals surface area contributed by atoms with Crippen molar-refractivity contribution in [2.75, 3.05) is 26.7 Å². The molecule has 1 aliphatic carbocycles. The van der Waals surface area contributed by atoms with Gasteiger partial charge in [0.05, 0.1) is 25.0 Å². The van der Waals surface area contributed by atoms with Crippen LogP contribution in [0.2, 0.25) is 0 Å². The lowest BCUT2D eigenvalue weighted by Gasteiger charge is -2.34. The zero-order valence-corrected chi connectivity index (χ0v) is 14.2. The minimum atomic E-state index is -0.267. The number of hydrogen-bond donors (Lipinski definition) is 1. The Morgan fingerprint density at radius 1 is 1.17 bits per heavy atom. The molecule has 1 aliphatic heterocycles. The molecule has 0 bridgehead atoms. The second-order valence-corrected chi connectivity index (χ2v) is 6.73. The molecule has 2 fully saturated rings. The number of nitrogens with one attached hydrogen (secondary N) is 1. The molecule has 1 aromatic carbocycles. The summed E-state index contributed by atoms with van der Waals surface area (Å²) in [5.74, 6) is -0.776. The zero-order chi connectivity index (χ0) is 16.9. The molecule has 0 unspecified atom stereocenters. The number of rotatable bonds is 6. The number of carbonyl (C=O) groups is 2. The first kappa shape index (κ1) is 17.0. The van der Waals surface area contributed by atoms with E-state index in [4.69, 9.17) is 4.74 Å². The minimum absolute atomic E-state index is 0.0169. The molecule has 0 spiro atoms. The second kappa shape index (κ2) is 7.79. The SMILES string of the molecule is COC(=O)[C@@H]1CC[C@H]1C(=O)NC[C@@H](c1ccccc1)N1CCCC1. The van der Waals surface area contributed by atoms with Crippen molar-refractivity contribution in [3.63, 3.8) is 0 Å². The summed E-state index contributed by atoms with van der Waals surface area (Å²) in [4.78, 5) is 26.6. The maximum Gasteiger partial charge on any atom is 0.309 e. The summed E-state index contributed by atoms with van der Waals surface area (Å²) >= 11 is 0. The largest absolute Gasteiger partial charge is 0.469 e. The third-order valence-corrected chi connectivity index (χ3v) is 5.35. The summed E-state index contributed by atoms with van der Waals surface area (Å²) in [7, 11) is 1.38. The number of ether oxygens (including phenoxy) is 1. The van der Waals surface area contributed by atoms with E-state index in [1.807, 2.05) is 18.2 Å². The monoisotopic (exact) mass is 330 g/mol. The summed E-state index contributed by atoms with van der Waals surface area (Å²) in [6.45, 7) is 2.74. The van der Waals surface area contributed by atoms with Crippen molar-refractivity contribution in [3.05, 3.63) is 35.9 Å². The minimum Gasteiger partial charge on any atom is -0.469 e. The van der Waals surface area contributed by atoms with Crippen LogP contribution in [0.25, 0.3) is 0 Å². The standard InChI is InChI=1S/C19H26N2O3/c1-24-19(23)16-10-9-15(16)18(22)20-13-17(21-11-5-6-12-21)14-7-3-2-4-8-14/h2-4,7-8,15-17H,5-6,9-13H2,1H3,(H,20,22)/t15-,16-,17+/m1/s1. The van der Waals surface area contributed by atoms with Crippen LogP contribution in [0, 0.1) is 11.8 Å². The van der Waals surface area contributed by atoms with E-state index in [1.165, 1.54) is 25.5 Å². The number of carbonyl (C=O) groups excluding carboxylic acids is 2. The molecule has 1 amide bonds. The first-order valence-corrected chi connectivity index (χ1v) is 8.85. The highest BCUT2D eigenvalue weighted by molar-refractivity contribution is 5.86. The summed E-state index contributed by atoms with van der Waals surface area (Å²) in [5, 5.41) is 3.08. The molecule has 5 nitrogen and oxygen atoms in total. The lowest BCUT2D eigenvalue weighted by molar-refractivity contribution is -0.155. The van der Waals surface area contributed by atoms with Crippen molar-refractivity contribution >= 4 is 11.9 Å². The van der Waals surface area contributed by atoms with Crippen molar-refractivity contribution in [2.24, 2.45) is 11.8 Å². The van der Waals surface area contributed by atoms with Gasteiger partial charge >= 0.3 is 5.97 Å². The van der Waals surface area contributed by atoms with Gasteiger partial charge < -0.3 is 10.1 Å². The van der Waals surface area contributed by atoms with Gasteiger partial charge in [0.1, 0.15) is 0 Å². The van der Waals surface area contributed by atoms with Crippen molar-refractivity contribution in [1.82, 2.24) is 10.2 Å². The maximum absolute atomic E-state index is 12.5. The van der Waals surface area contributed by atoms with Crippen molar-refractivity contribution in [2.45, 2.75) is 31.7 Å². The molecule has 5 heteroatoms. The van der Waals surface area contributed by atoms with Crippen LogP contribution in [-0.4, -0.2) is 43.5 Å². The van der Waals surface area contributed by atoms with Gasteiger partial charge in [-0.1, -0.05) is 30.3 Å². The number of methoxy groups -OCH3 is 1. The molecular weight excluding hydrogens is 304 g/mol. The lowest BCUT2D eigenvalue weighted by atomic mass is 9.73. The van der Waals surface area contributed by atoms with E-state index in [0.29, 0.717) is 6.54 Å². The molecular formula is C19H26N2O3. The Hall–Kier alpha value is -1.88. The van der Waals surface area contributed by atoms with E-state index >= 15 is 0 Å². The van der Waals surface area contributed by atoms with Gasteiger partial charge in [-0.2, -0.15) is 0 Å². The summed E-state index contributed by atoms with van der Waals surface area (Å²) < 4.78 is 4.78. The van der Waals surface area contributed by atoms with Crippen molar-refractivity contribution in [3.8, 4) is 0 Å². The Balaban J connectivity index is 1.61. The van der Waals surface area contributed by atoms with Gasteiger partial charge in [-0.25, -0.2) is 0 Å². The summed E-state index contributed by atoms with van der Waals surface area (Å²) in [6.07, 6.45) is 3.94. The third-order valence-electron chi connectivity index (χ3n) is 5.35. The Morgan fingerprint density at radius 3 is 2.42 bits per heavy atom. The van der Waals surface area contributed by atoms with Crippen LogP contribution in [0.5, 0.6) is 0 Å². The van der Waals surface area contributed by atoms with Crippen LogP contribution < -0.4 is 5.32 Å². The molecule has 130 valence electrons. The molecule has 1 aromatic rings. The lowest BCUT2D eigenvalue weighted by Crippen LogP contribution is -2.46. The number of amides is 1. The van der Waals surface area contributed by atoms with Crippen LogP contribution in [0.3, 0.4) is 0 Å². The van der Waals surface area contributed by atoms with E-state index < -0.39 is 0 Å². The fourth-order valence-electron chi connectivity index (χ4n) is 3.76. The quantitative estimate of drug-likeness (QED) is 0.812. The van der Waals surface area contributed by atoms with E-state index in [-0.39, 0.29) is 29.8 Å². The van der Waals surface area contributed by atoms with Crippen LogP contribution >= 0.6 is 0 Å². The normalized spacial score (nSPS) is 24.9. The van der Waals surface area contributed by atoms with Gasteiger partial charge in [0.15, 0.2) is 0 Å². The summed E-state index contributed by atoms with van der Waals surface area (Å²) in [5.41, 5.74) is 1.23. The number of nitrogens with zero attached hydrogens (tertiary/aromatic N) is 1. The van der Waals surface area contributed by atoms with E-state index in [1.54, 1.807) is 0 Å². The molecule has 24 heavy (non-hydrogen) atoms. The molecule has 3 atom stereocenters.